The zero-order valence-corrected chi connectivity index (χ0v) is 37.0. The summed E-state index contributed by atoms with van der Waals surface area (Å²) in [6, 6.07) is 9.42. The number of ether oxygens (including phenoxy) is 6. The quantitative estimate of drug-likeness (QED) is 0.156. The number of esters is 1. The molecule has 0 spiro atoms. The van der Waals surface area contributed by atoms with Crippen LogP contribution in [0.5, 0.6) is 0 Å². The van der Waals surface area contributed by atoms with E-state index in [4.69, 9.17) is 33.3 Å². The van der Waals surface area contributed by atoms with E-state index in [1.165, 1.54) is 5.56 Å². The Hall–Kier alpha value is -3.14. The lowest BCUT2D eigenvalue weighted by atomic mass is 9.73. The number of hydrogen-bond acceptors (Lipinski definition) is 13. The first-order valence-electron chi connectivity index (χ1n) is 21.8. The Morgan fingerprint density at radius 2 is 1.73 bits per heavy atom. The van der Waals surface area contributed by atoms with Crippen LogP contribution in [0.25, 0.3) is 0 Å². The van der Waals surface area contributed by atoms with Gasteiger partial charge < -0.3 is 48.6 Å². The van der Waals surface area contributed by atoms with Gasteiger partial charge in [0.15, 0.2) is 11.9 Å². The first-order valence-corrected chi connectivity index (χ1v) is 21.8. The number of benzene rings is 1. The van der Waals surface area contributed by atoms with Crippen molar-refractivity contribution in [1.29, 1.82) is 0 Å². The van der Waals surface area contributed by atoms with Gasteiger partial charge in [-0.25, -0.2) is 4.79 Å². The summed E-state index contributed by atoms with van der Waals surface area (Å²) in [6.45, 7) is 15.5. The van der Waals surface area contributed by atoms with Gasteiger partial charge in [0.05, 0.1) is 54.8 Å². The van der Waals surface area contributed by atoms with E-state index in [-0.39, 0.29) is 37.6 Å². The molecule has 14 atom stereocenters. The number of carbonyl (C=O) groups excluding carboxylic acids is 3. The Labute approximate surface area is 351 Å². The molecule has 332 valence electrons. The number of nitrogens with zero attached hydrogens (tertiary/aromatic N) is 2. The lowest BCUT2D eigenvalue weighted by Crippen LogP contribution is -2.61. The van der Waals surface area contributed by atoms with E-state index >= 15 is 0 Å². The molecule has 0 unspecified atom stereocenters. The molecule has 1 aromatic rings. The number of nitrogens with one attached hydrogen (secondary N) is 1. The third kappa shape index (κ3) is 11.2. The molecule has 0 aromatic heterocycles. The molecule has 14 nitrogen and oxygen atoms in total. The molecule has 59 heavy (non-hydrogen) atoms. The van der Waals surface area contributed by atoms with Gasteiger partial charge >= 0.3 is 12.1 Å². The van der Waals surface area contributed by atoms with Crippen molar-refractivity contribution in [2.24, 2.45) is 28.8 Å². The number of aliphatic hydroxyl groups excluding tert-OH is 1. The molecule has 0 aliphatic carbocycles. The van der Waals surface area contributed by atoms with E-state index < -0.39 is 83.7 Å². The number of likely N-dealkylation sites (N-methyl/N-ethyl adjacent to an activating group) is 1. The highest BCUT2D eigenvalue weighted by Crippen LogP contribution is 2.42. The number of aryl methyl sites for hydroxylation is 1. The van der Waals surface area contributed by atoms with Gasteiger partial charge in [-0.1, -0.05) is 63.2 Å². The fraction of sp³-hybridized carbons (Fsp3) is 0.778. The van der Waals surface area contributed by atoms with Crippen LogP contribution in [-0.2, 0) is 49.3 Å². The number of aliphatic hydroxyl groups is 1. The highest BCUT2D eigenvalue weighted by molar-refractivity contribution is 5.86. The number of hydrogen-bond donors (Lipinski definition) is 2. The normalized spacial score (nSPS) is 39.5. The number of cyclic esters (lactones) is 1. The molecule has 4 fully saturated rings. The van der Waals surface area contributed by atoms with Crippen LogP contribution in [0.3, 0.4) is 0 Å². The SMILES string of the molecule is CC[C@H]1OC(=O)[C@H](C)[C@H]2OC/C(=N\OCCCCCc3ccccc3)CCO[C@](C)(C[C@@H](C)C(=O)[C@H](C)[C@H]3NC(=O)O[C@@]31C)[C@H](O[C@@H]1O[C@H](C)C[C@H](N(C)C)[C@H]1O)[C@H]2C. The van der Waals surface area contributed by atoms with Crippen LogP contribution in [0.15, 0.2) is 35.5 Å². The fourth-order valence-corrected chi connectivity index (χ4v) is 9.76. The summed E-state index contributed by atoms with van der Waals surface area (Å²) < 4.78 is 39.0. The van der Waals surface area contributed by atoms with Crippen LogP contribution in [0.1, 0.15) is 106 Å². The summed E-state index contributed by atoms with van der Waals surface area (Å²) in [5, 5.41) is 19.0. The zero-order valence-electron chi connectivity index (χ0n) is 37.0. The monoisotopic (exact) mass is 830 g/mol. The molecule has 1 aromatic carbocycles. The third-order valence-corrected chi connectivity index (χ3v) is 13.1. The van der Waals surface area contributed by atoms with Crippen LogP contribution >= 0.6 is 0 Å². The predicted octanol–water partition coefficient (Wildman–Crippen LogP) is 5.85. The summed E-state index contributed by atoms with van der Waals surface area (Å²) in [5.74, 6) is -3.38. The van der Waals surface area contributed by atoms with Crippen molar-refractivity contribution < 1.29 is 52.7 Å². The summed E-state index contributed by atoms with van der Waals surface area (Å²) in [4.78, 5) is 49.5. The lowest BCUT2D eigenvalue weighted by Gasteiger charge is -2.49. The smallest absolute Gasteiger partial charge is 0.408 e. The number of ketones is 1. The van der Waals surface area contributed by atoms with Crippen LogP contribution in [0, 0.1) is 23.7 Å². The number of amides is 1. The number of Topliss-reactive ketones (excluding diaryl/α,β-unsaturated/α-hetero) is 1. The second kappa shape index (κ2) is 20.6. The van der Waals surface area contributed by atoms with Gasteiger partial charge in [0, 0.05) is 30.2 Å². The molecule has 2 bridgehead atoms. The maximum atomic E-state index is 14.5. The second-order valence-electron chi connectivity index (χ2n) is 18.1. The van der Waals surface area contributed by atoms with Gasteiger partial charge in [-0.2, -0.15) is 0 Å². The summed E-state index contributed by atoms with van der Waals surface area (Å²) in [5.41, 5.74) is -0.553. The maximum Gasteiger partial charge on any atom is 0.408 e. The van der Waals surface area contributed by atoms with Crippen molar-refractivity contribution in [3.63, 3.8) is 0 Å². The molecular weight excluding hydrogens is 759 g/mol. The van der Waals surface area contributed by atoms with E-state index in [1.54, 1.807) is 20.8 Å². The molecule has 0 radical (unpaired) electrons. The predicted molar refractivity (Wildman–Crippen MR) is 222 cm³/mol. The highest BCUT2D eigenvalue weighted by Gasteiger charge is 2.57. The molecule has 2 N–H and O–H groups in total. The van der Waals surface area contributed by atoms with E-state index in [0.717, 1.165) is 25.7 Å². The fourth-order valence-electron chi connectivity index (χ4n) is 9.76. The Kier molecular flexibility index (Phi) is 16.4. The Morgan fingerprint density at radius 3 is 2.42 bits per heavy atom. The topological polar surface area (TPSA) is 164 Å². The van der Waals surface area contributed by atoms with E-state index in [1.807, 2.05) is 59.7 Å². The molecule has 14 heteroatoms. The van der Waals surface area contributed by atoms with Gasteiger partial charge in [0.1, 0.15) is 24.6 Å². The van der Waals surface area contributed by atoms with Crippen molar-refractivity contribution in [2.75, 3.05) is 33.9 Å². The summed E-state index contributed by atoms with van der Waals surface area (Å²) in [7, 11) is 3.83. The average Bonchev–Trinajstić information content (AvgIpc) is 3.51. The van der Waals surface area contributed by atoms with Gasteiger partial charge in [-0.05, 0) is 92.3 Å². The average molecular weight is 830 g/mol. The summed E-state index contributed by atoms with van der Waals surface area (Å²) >= 11 is 0. The van der Waals surface area contributed by atoms with Crippen LogP contribution in [0.4, 0.5) is 4.79 Å². The molecule has 0 saturated carbocycles. The van der Waals surface area contributed by atoms with Crippen molar-refractivity contribution in [2.45, 2.75) is 167 Å². The van der Waals surface area contributed by atoms with Crippen LogP contribution in [0.2, 0.25) is 0 Å². The van der Waals surface area contributed by atoms with Gasteiger partial charge in [-0.15, -0.1) is 0 Å². The number of alkyl carbamates (subject to hydrolysis) is 1. The number of unbranched alkanes of at least 4 members (excludes halogenated alkanes) is 2. The third-order valence-electron chi connectivity index (χ3n) is 13.1. The van der Waals surface area contributed by atoms with Crippen molar-refractivity contribution in [3.8, 4) is 0 Å². The van der Waals surface area contributed by atoms with Gasteiger partial charge in [0.2, 0.25) is 0 Å². The lowest BCUT2D eigenvalue weighted by molar-refractivity contribution is -0.304. The standard InChI is InChI=1S/C45H71N3O11/c1-11-35-45(8)39(46-43(52)59-45)29(4)36(49)27(2)25-44(7)40(58-42-37(50)34(48(9)10)24-28(3)56-42)30(5)38(31(6)41(51)57-35)53-26-33(21-23-54-44)47-55-22-17-13-16-20-32-18-14-12-15-19-32/h12,14-15,18-19,27-31,34-35,37-40,42,50H,11,13,16-17,20-26H2,1-10H3,(H,46,52)/b47-33-/t27-,28-,29+,30+,31-,34+,35-,37-,38+,39-,40-,42+,44-,45-/m1/s1. The number of fused-ring (bicyclic) bond motifs is 4. The van der Waals surface area contributed by atoms with E-state index in [9.17, 15) is 19.5 Å². The molecule has 4 aliphatic rings. The Balaban J connectivity index is 1.48. The molecule has 4 saturated heterocycles. The number of carbonyl (C=O) groups is 3. The highest BCUT2D eigenvalue weighted by atomic mass is 16.7. The van der Waals surface area contributed by atoms with Gasteiger partial charge in [0.25, 0.3) is 0 Å². The Bertz CT molecular complexity index is 1580. The van der Waals surface area contributed by atoms with Gasteiger partial charge in [-0.3, -0.25) is 9.59 Å². The van der Waals surface area contributed by atoms with Crippen molar-refractivity contribution >= 4 is 23.6 Å². The van der Waals surface area contributed by atoms with E-state index in [2.05, 4.69) is 34.7 Å². The zero-order chi connectivity index (χ0) is 43.1. The number of rotatable bonds is 11. The van der Waals surface area contributed by atoms with Crippen molar-refractivity contribution in [3.05, 3.63) is 35.9 Å². The molecular formula is C45H71N3O11. The van der Waals surface area contributed by atoms with Crippen molar-refractivity contribution in [1.82, 2.24) is 10.2 Å². The Morgan fingerprint density at radius 1 is 1.00 bits per heavy atom. The minimum atomic E-state index is -1.31. The van der Waals surface area contributed by atoms with Crippen LogP contribution in [-0.4, -0.2) is 128 Å². The molecule has 4 heterocycles. The first kappa shape index (κ1) is 46.9. The minimum Gasteiger partial charge on any atom is -0.458 e. The van der Waals surface area contributed by atoms with Crippen LogP contribution < -0.4 is 5.32 Å². The van der Waals surface area contributed by atoms with E-state index in [0.29, 0.717) is 31.6 Å². The first-order chi connectivity index (χ1) is 28.0. The minimum absolute atomic E-state index is 0.0562. The summed E-state index contributed by atoms with van der Waals surface area (Å²) in [6.07, 6.45) is -0.0318. The molecule has 4 aliphatic heterocycles. The number of oxime groups is 1. The largest absolute Gasteiger partial charge is 0.458 e. The second-order valence-corrected chi connectivity index (χ2v) is 18.1. The molecule has 1 amide bonds. The maximum absolute atomic E-state index is 14.5. The molecule has 5 rings (SSSR count).